The van der Waals surface area contributed by atoms with Gasteiger partial charge in [0.25, 0.3) is 0 Å². The Labute approximate surface area is 126 Å². The molecule has 0 aromatic rings. The quantitative estimate of drug-likeness (QED) is 0.841. The molecule has 1 aliphatic carbocycles. The average Bonchev–Trinajstić information content (AvgIpc) is 3.03. The van der Waals surface area contributed by atoms with Gasteiger partial charge in [-0.1, -0.05) is 12.8 Å². The standard InChI is InChI=1S/C16H26N2O3/c1-11-9-14(19)17-12(2)15(20)18(11)10-13-5-8-16(21-13)6-3-4-7-16/h11-13H,3-10H2,1-2H3,(H,17,19). The van der Waals surface area contributed by atoms with Crippen LogP contribution >= 0.6 is 0 Å². The zero-order chi connectivity index (χ0) is 15.0. The van der Waals surface area contributed by atoms with Gasteiger partial charge in [-0.2, -0.15) is 0 Å². The van der Waals surface area contributed by atoms with E-state index in [2.05, 4.69) is 5.32 Å². The first-order valence-electron chi connectivity index (χ1n) is 8.27. The van der Waals surface area contributed by atoms with Crippen LogP contribution in [-0.2, 0) is 14.3 Å². The number of nitrogens with zero attached hydrogens (tertiary/aromatic N) is 1. The lowest BCUT2D eigenvalue weighted by Gasteiger charge is -2.31. The van der Waals surface area contributed by atoms with E-state index in [0.717, 1.165) is 12.8 Å². The molecule has 1 spiro atoms. The molecule has 0 bridgehead atoms. The molecule has 0 radical (unpaired) electrons. The molecule has 1 N–H and O–H groups in total. The Hall–Kier alpha value is -1.10. The minimum atomic E-state index is -0.427. The maximum absolute atomic E-state index is 12.5. The second-order valence-corrected chi connectivity index (χ2v) is 7.00. The van der Waals surface area contributed by atoms with Crippen LogP contribution in [-0.4, -0.2) is 47.0 Å². The van der Waals surface area contributed by atoms with E-state index in [1.807, 2.05) is 11.8 Å². The maximum Gasteiger partial charge on any atom is 0.245 e. The third kappa shape index (κ3) is 2.93. The molecular weight excluding hydrogens is 268 g/mol. The van der Waals surface area contributed by atoms with Crippen molar-refractivity contribution in [3.63, 3.8) is 0 Å². The predicted octanol–water partition coefficient (Wildman–Crippen LogP) is 1.60. The molecule has 3 rings (SSSR count). The van der Waals surface area contributed by atoms with E-state index >= 15 is 0 Å². The van der Waals surface area contributed by atoms with Crippen molar-refractivity contribution in [1.82, 2.24) is 10.2 Å². The molecule has 2 aliphatic heterocycles. The van der Waals surface area contributed by atoms with E-state index in [0.29, 0.717) is 13.0 Å². The third-order valence-electron chi connectivity index (χ3n) is 5.30. The zero-order valence-corrected chi connectivity index (χ0v) is 13.1. The number of hydrogen-bond donors (Lipinski definition) is 1. The van der Waals surface area contributed by atoms with Gasteiger partial charge < -0.3 is 15.0 Å². The van der Waals surface area contributed by atoms with Crippen molar-refractivity contribution in [3.8, 4) is 0 Å². The van der Waals surface area contributed by atoms with Crippen LogP contribution in [0.15, 0.2) is 0 Å². The molecule has 2 amide bonds. The fraction of sp³-hybridized carbons (Fsp3) is 0.875. The Bertz CT molecular complexity index is 431. The van der Waals surface area contributed by atoms with Crippen molar-refractivity contribution in [1.29, 1.82) is 0 Å². The first kappa shape index (κ1) is 14.8. The highest BCUT2D eigenvalue weighted by molar-refractivity contribution is 5.90. The van der Waals surface area contributed by atoms with Gasteiger partial charge in [0, 0.05) is 19.0 Å². The highest BCUT2D eigenvalue weighted by atomic mass is 16.5. The van der Waals surface area contributed by atoms with Gasteiger partial charge in [0.2, 0.25) is 11.8 Å². The van der Waals surface area contributed by atoms with Crippen molar-refractivity contribution >= 4 is 11.8 Å². The number of hydrogen-bond acceptors (Lipinski definition) is 3. The molecule has 1 saturated carbocycles. The molecule has 3 aliphatic rings. The van der Waals surface area contributed by atoms with Crippen LogP contribution in [0.25, 0.3) is 0 Å². The van der Waals surface area contributed by atoms with Crippen molar-refractivity contribution in [2.24, 2.45) is 0 Å². The van der Waals surface area contributed by atoms with E-state index in [9.17, 15) is 9.59 Å². The van der Waals surface area contributed by atoms with Crippen molar-refractivity contribution in [2.45, 2.75) is 82.6 Å². The topological polar surface area (TPSA) is 58.6 Å². The van der Waals surface area contributed by atoms with Gasteiger partial charge in [-0.3, -0.25) is 9.59 Å². The van der Waals surface area contributed by atoms with Gasteiger partial charge in [0.1, 0.15) is 6.04 Å². The van der Waals surface area contributed by atoms with Crippen LogP contribution in [0.2, 0.25) is 0 Å². The molecule has 0 aromatic heterocycles. The van der Waals surface area contributed by atoms with Crippen molar-refractivity contribution in [2.75, 3.05) is 6.54 Å². The average molecular weight is 294 g/mol. The molecule has 0 aromatic carbocycles. The van der Waals surface area contributed by atoms with E-state index in [1.165, 1.54) is 25.7 Å². The Morgan fingerprint density at radius 1 is 1.24 bits per heavy atom. The first-order valence-corrected chi connectivity index (χ1v) is 8.27. The summed E-state index contributed by atoms with van der Waals surface area (Å²) in [4.78, 5) is 26.0. The third-order valence-corrected chi connectivity index (χ3v) is 5.30. The molecule has 118 valence electrons. The fourth-order valence-corrected chi connectivity index (χ4v) is 4.11. The number of amides is 2. The second kappa shape index (κ2) is 5.59. The first-order chi connectivity index (χ1) is 9.99. The fourth-order valence-electron chi connectivity index (χ4n) is 4.11. The van der Waals surface area contributed by atoms with Crippen LogP contribution in [0.4, 0.5) is 0 Å². The van der Waals surface area contributed by atoms with Crippen LogP contribution < -0.4 is 5.32 Å². The van der Waals surface area contributed by atoms with Gasteiger partial charge in [-0.05, 0) is 39.5 Å². The zero-order valence-electron chi connectivity index (χ0n) is 13.1. The van der Waals surface area contributed by atoms with Gasteiger partial charge in [-0.25, -0.2) is 0 Å². The smallest absolute Gasteiger partial charge is 0.245 e. The highest BCUT2D eigenvalue weighted by Gasteiger charge is 2.43. The monoisotopic (exact) mass is 294 g/mol. The van der Waals surface area contributed by atoms with E-state index in [4.69, 9.17) is 4.74 Å². The van der Waals surface area contributed by atoms with Crippen LogP contribution in [0.3, 0.4) is 0 Å². The number of carbonyl (C=O) groups excluding carboxylic acids is 2. The van der Waals surface area contributed by atoms with Gasteiger partial charge in [0.05, 0.1) is 11.7 Å². The summed E-state index contributed by atoms with van der Waals surface area (Å²) >= 11 is 0. The summed E-state index contributed by atoms with van der Waals surface area (Å²) in [6.07, 6.45) is 7.55. The Morgan fingerprint density at radius 3 is 2.67 bits per heavy atom. The van der Waals surface area contributed by atoms with Gasteiger partial charge >= 0.3 is 0 Å². The summed E-state index contributed by atoms with van der Waals surface area (Å²) < 4.78 is 6.31. The minimum absolute atomic E-state index is 0.0179. The van der Waals surface area contributed by atoms with E-state index in [-0.39, 0.29) is 29.6 Å². The molecule has 3 atom stereocenters. The second-order valence-electron chi connectivity index (χ2n) is 7.00. The number of ether oxygens (including phenoxy) is 1. The minimum Gasteiger partial charge on any atom is -0.370 e. The molecule has 3 fully saturated rings. The number of nitrogens with one attached hydrogen (secondary N) is 1. The highest BCUT2D eigenvalue weighted by Crippen LogP contribution is 2.43. The van der Waals surface area contributed by atoms with E-state index in [1.54, 1.807) is 6.92 Å². The summed E-state index contributed by atoms with van der Waals surface area (Å²) in [5.41, 5.74) is 0.0997. The molecule has 2 heterocycles. The Kier molecular flexibility index (Phi) is 3.95. The molecule has 21 heavy (non-hydrogen) atoms. The Morgan fingerprint density at radius 2 is 1.95 bits per heavy atom. The maximum atomic E-state index is 12.5. The molecule has 5 heteroatoms. The molecular formula is C16H26N2O3. The van der Waals surface area contributed by atoms with Crippen LogP contribution in [0, 0.1) is 0 Å². The number of carbonyl (C=O) groups is 2. The van der Waals surface area contributed by atoms with Gasteiger partial charge in [0.15, 0.2) is 0 Å². The Balaban J connectivity index is 1.65. The summed E-state index contributed by atoms with van der Waals surface area (Å²) in [5, 5.41) is 2.75. The molecule has 2 saturated heterocycles. The summed E-state index contributed by atoms with van der Waals surface area (Å²) in [6, 6.07) is -0.476. The SMILES string of the molecule is CC1NC(=O)CC(C)N(CC2CCC3(CCCC3)O2)C1=O. The van der Waals surface area contributed by atoms with Crippen LogP contribution in [0.1, 0.15) is 58.8 Å². The normalized spacial score (nSPS) is 36.1. The van der Waals surface area contributed by atoms with E-state index < -0.39 is 6.04 Å². The summed E-state index contributed by atoms with van der Waals surface area (Å²) in [7, 11) is 0. The lowest BCUT2D eigenvalue weighted by Crippen LogP contribution is -2.48. The largest absolute Gasteiger partial charge is 0.370 e. The lowest BCUT2D eigenvalue weighted by atomic mass is 9.98. The summed E-state index contributed by atoms with van der Waals surface area (Å²) in [5.74, 6) is -0.0187. The van der Waals surface area contributed by atoms with Gasteiger partial charge in [-0.15, -0.1) is 0 Å². The summed E-state index contributed by atoms with van der Waals surface area (Å²) in [6.45, 7) is 4.34. The molecule has 3 unspecified atom stereocenters. The van der Waals surface area contributed by atoms with Crippen LogP contribution in [0.5, 0.6) is 0 Å². The van der Waals surface area contributed by atoms with Crippen molar-refractivity contribution in [3.05, 3.63) is 0 Å². The molecule has 5 nitrogen and oxygen atoms in total. The predicted molar refractivity (Wildman–Crippen MR) is 78.7 cm³/mol. The lowest BCUT2D eigenvalue weighted by molar-refractivity contribution is -0.137. The van der Waals surface area contributed by atoms with Crippen molar-refractivity contribution < 1.29 is 14.3 Å². The number of rotatable bonds is 2.